The van der Waals surface area contributed by atoms with Gasteiger partial charge in [0.05, 0.1) is 6.61 Å². The van der Waals surface area contributed by atoms with Crippen LogP contribution in [0, 0.1) is 0 Å². The smallest absolute Gasteiger partial charge is 0.0654 e. The van der Waals surface area contributed by atoms with Crippen molar-refractivity contribution < 1.29 is 4.84 Å². The Bertz CT molecular complexity index is 352. The van der Waals surface area contributed by atoms with Gasteiger partial charge in [0.15, 0.2) is 0 Å². The van der Waals surface area contributed by atoms with Gasteiger partial charge >= 0.3 is 0 Å². The zero-order valence-corrected chi connectivity index (χ0v) is 10.1. The lowest BCUT2D eigenvalue weighted by atomic mass is 10.00. The number of hydroxylamine groups is 1. The third-order valence-corrected chi connectivity index (χ3v) is 3.02. The second kappa shape index (κ2) is 5.32. The summed E-state index contributed by atoms with van der Waals surface area (Å²) in [6.07, 6.45) is 2.45. The third kappa shape index (κ3) is 2.54. The van der Waals surface area contributed by atoms with Crippen molar-refractivity contribution in [1.29, 1.82) is 0 Å². The molecule has 2 rings (SSSR count). The highest BCUT2D eigenvalue weighted by Gasteiger charge is 2.13. The van der Waals surface area contributed by atoms with Gasteiger partial charge in [0.25, 0.3) is 0 Å². The van der Waals surface area contributed by atoms with Crippen LogP contribution in [0.15, 0.2) is 18.2 Å². The minimum atomic E-state index is 0.702. The van der Waals surface area contributed by atoms with Crippen molar-refractivity contribution in [1.82, 2.24) is 5.48 Å². The highest BCUT2D eigenvalue weighted by molar-refractivity contribution is 5.56. The maximum atomic E-state index is 5.14. The molecule has 0 spiro atoms. The van der Waals surface area contributed by atoms with Gasteiger partial charge in [-0.2, -0.15) is 5.48 Å². The molecule has 0 radical (unpaired) electrons. The molecule has 1 N–H and O–H groups in total. The number of nitrogens with one attached hydrogen (secondary N) is 1. The summed E-state index contributed by atoms with van der Waals surface area (Å²) in [7, 11) is 2.16. The topological polar surface area (TPSA) is 24.5 Å². The Morgan fingerprint density at radius 1 is 1.44 bits per heavy atom. The van der Waals surface area contributed by atoms with Crippen LogP contribution in [0.5, 0.6) is 0 Å². The summed E-state index contributed by atoms with van der Waals surface area (Å²) in [5.74, 6) is 0. The first kappa shape index (κ1) is 11.4. The normalized spacial score (nSPS) is 15.0. The van der Waals surface area contributed by atoms with Gasteiger partial charge in [-0.25, -0.2) is 0 Å². The molecule has 0 amide bonds. The largest absolute Gasteiger partial charge is 0.374 e. The number of rotatable bonds is 4. The summed E-state index contributed by atoms with van der Waals surface area (Å²) in [5, 5.41) is 0. The lowest BCUT2D eigenvalue weighted by molar-refractivity contribution is 0.0463. The standard InChI is InChI=1S/C13H20N2O/c1-3-16-14-10-11-6-7-13-12(9-11)5-4-8-15(13)2/h6-7,9,14H,3-5,8,10H2,1-2H3. The van der Waals surface area contributed by atoms with Crippen LogP contribution in [0.4, 0.5) is 5.69 Å². The molecular formula is C13H20N2O. The number of fused-ring (bicyclic) bond motifs is 1. The van der Waals surface area contributed by atoms with E-state index in [9.17, 15) is 0 Å². The van der Waals surface area contributed by atoms with Crippen molar-refractivity contribution in [2.24, 2.45) is 0 Å². The predicted octanol–water partition coefficient (Wildman–Crippen LogP) is 2.11. The first-order valence-corrected chi connectivity index (χ1v) is 5.99. The first-order valence-electron chi connectivity index (χ1n) is 5.99. The quantitative estimate of drug-likeness (QED) is 0.621. The Morgan fingerprint density at radius 3 is 3.12 bits per heavy atom. The fourth-order valence-corrected chi connectivity index (χ4v) is 2.19. The van der Waals surface area contributed by atoms with Crippen molar-refractivity contribution in [3.63, 3.8) is 0 Å². The average molecular weight is 220 g/mol. The number of aryl methyl sites for hydroxylation is 1. The van der Waals surface area contributed by atoms with Crippen molar-refractivity contribution in [2.45, 2.75) is 26.3 Å². The number of anilines is 1. The molecule has 0 aliphatic carbocycles. The van der Waals surface area contributed by atoms with Crippen LogP contribution < -0.4 is 10.4 Å². The first-order chi connectivity index (χ1) is 7.81. The molecule has 3 nitrogen and oxygen atoms in total. The molecule has 0 fully saturated rings. The van der Waals surface area contributed by atoms with Crippen LogP contribution >= 0.6 is 0 Å². The molecule has 0 saturated heterocycles. The molecule has 1 aliphatic heterocycles. The molecule has 16 heavy (non-hydrogen) atoms. The van der Waals surface area contributed by atoms with Gasteiger partial charge in [0.2, 0.25) is 0 Å². The fraction of sp³-hybridized carbons (Fsp3) is 0.538. The van der Waals surface area contributed by atoms with Gasteiger partial charge in [-0.3, -0.25) is 0 Å². The summed E-state index contributed by atoms with van der Waals surface area (Å²) >= 11 is 0. The van der Waals surface area contributed by atoms with E-state index in [1.807, 2.05) is 6.92 Å². The van der Waals surface area contributed by atoms with Gasteiger partial charge in [0, 0.05) is 25.8 Å². The van der Waals surface area contributed by atoms with E-state index in [0.29, 0.717) is 6.61 Å². The maximum absolute atomic E-state index is 5.14. The fourth-order valence-electron chi connectivity index (χ4n) is 2.19. The molecule has 88 valence electrons. The number of hydrogen-bond donors (Lipinski definition) is 1. The lowest BCUT2D eigenvalue weighted by Gasteiger charge is -2.27. The summed E-state index contributed by atoms with van der Waals surface area (Å²) < 4.78 is 0. The summed E-state index contributed by atoms with van der Waals surface area (Å²) in [4.78, 5) is 7.47. The number of nitrogens with zero attached hydrogens (tertiary/aromatic N) is 1. The van der Waals surface area contributed by atoms with Crippen molar-refractivity contribution in [2.75, 3.05) is 25.1 Å². The lowest BCUT2D eigenvalue weighted by Crippen LogP contribution is -2.24. The number of hydrogen-bond acceptors (Lipinski definition) is 3. The van der Waals surface area contributed by atoms with E-state index in [0.717, 1.165) is 6.54 Å². The molecule has 0 aromatic heterocycles. The van der Waals surface area contributed by atoms with Gasteiger partial charge in [-0.15, -0.1) is 0 Å². The van der Waals surface area contributed by atoms with Crippen LogP contribution in [0.3, 0.4) is 0 Å². The van der Waals surface area contributed by atoms with E-state index in [-0.39, 0.29) is 0 Å². The van der Waals surface area contributed by atoms with E-state index < -0.39 is 0 Å². The van der Waals surface area contributed by atoms with Crippen LogP contribution in [0.1, 0.15) is 24.5 Å². The van der Waals surface area contributed by atoms with Crippen LogP contribution in [0.25, 0.3) is 0 Å². The van der Waals surface area contributed by atoms with E-state index in [1.54, 1.807) is 0 Å². The second-order valence-electron chi connectivity index (χ2n) is 4.24. The SMILES string of the molecule is CCONCc1ccc2c(c1)CCCN2C. The van der Waals surface area contributed by atoms with Crippen molar-refractivity contribution in [3.05, 3.63) is 29.3 Å². The Morgan fingerprint density at radius 2 is 2.31 bits per heavy atom. The molecule has 1 aromatic rings. The Hall–Kier alpha value is -1.06. The highest BCUT2D eigenvalue weighted by Crippen LogP contribution is 2.26. The zero-order chi connectivity index (χ0) is 11.4. The third-order valence-electron chi connectivity index (χ3n) is 3.02. The van der Waals surface area contributed by atoms with E-state index in [2.05, 4.69) is 35.6 Å². The second-order valence-corrected chi connectivity index (χ2v) is 4.24. The van der Waals surface area contributed by atoms with Crippen LogP contribution in [-0.2, 0) is 17.8 Å². The molecule has 3 heteroatoms. The predicted molar refractivity (Wildman–Crippen MR) is 66.5 cm³/mol. The molecule has 0 unspecified atom stereocenters. The van der Waals surface area contributed by atoms with Crippen molar-refractivity contribution in [3.8, 4) is 0 Å². The highest BCUT2D eigenvalue weighted by atomic mass is 16.6. The van der Waals surface area contributed by atoms with Gasteiger partial charge < -0.3 is 9.74 Å². The number of benzene rings is 1. The molecular weight excluding hydrogens is 200 g/mol. The average Bonchev–Trinajstić information content (AvgIpc) is 2.30. The van der Waals surface area contributed by atoms with E-state index >= 15 is 0 Å². The minimum absolute atomic E-state index is 0.702. The van der Waals surface area contributed by atoms with Gasteiger partial charge in [-0.05, 0) is 37.0 Å². The summed E-state index contributed by atoms with van der Waals surface area (Å²) in [5.41, 5.74) is 7.09. The Kier molecular flexibility index (Phi) is 3.80. The molecule has 1 aliphatic rings. The Labute approximate surface area is 97.4 Å². The van der Waals surface area contributed by atoms with Crippen LogP contribution in [0.2, 0.25) is 0 Å². The minimum Gasteiger partial charge on any atom is -0.374 e. The summed E-state index contributed by atoms with van der Waals surface area (Å²) in [6.45, 7) is 4.64. The van der Waals surface area contributed by atoms with Crippen molar-refractivity contribution >= 4 is 5.69 Å². The molecule has 0 saturated carbocycles. The Balaban J connectivity index is 2.06. The molecule has 1 aromatic carbocycles. The zero-order valence-electron chi connectivity index (χ0n) is 10.1. The van der Waals surface area contributed by atoms with E-state index in [4.69, 9.17) is 4.84 Å². The maximum Gasteiger partial charge on any atom is 0.0654 e. The van der Waals surface area contributed by atoms with Gasteiger partial charge in [0.1, 0.15) is 0 Å². The molecule has 0 bridgehead atoms. The van der Waals surface area contributed by atoms with Gasteiger partial charge in [-0.1, -0.05) is 12.1 Å². The van der Waals surface area contributed by atoms with E-state index in [1.165, 1.54) is 36.2 Å². The molecule has 1 heterocycles. The molecule has 0 atom stereocenters. The van der Waals surface area contributed by atoms with Crippen LogP contribution in [-0.4, -0.2) is 20.2 Å². The monoisotopic (exact) mass is 220 g/mol. The summed E-state index contributed by atoms with van der Waals surface area (Å²) in [6, 6.07) is 6.68.